The van der Waals surface area contributed by atoms with E-state index < -0.39 is 0 Å². The first kappa shape index (κ1) is 6.60. The number of fused-ring (bicyclic) bond motifs is 5. The number of amides is 2. The molecule has 64 valence electrons. The van der Waals surface area contributed by atoms with Crippen LogP contribution in [0.15, 0.2) is 0 Å². The Morgan fingerprint density at radius 2 is 2.00 bits per heavy atom. The average molecular weight is 167 g/mol. The zero-order valence-electron chi connectivity index (χ0n) is 6.45. The fourth-order valence-electron chi connectivity index (χ4n) is 2.70. The van der Waals surface area contributed by atoms with Gasteiger partial charge in [-0.25, -0.2) is 0 Å². The first-order valence-corrected chi connectivity index (χ1v) is 4.23. The molecule has 0 aromatic rings. The van der Waals surface area contributed by atoms with Gasteiger partial charge < -0.3 is 4.74 Å². The minimum absolute atomic E-state index is 0.0199. The summed E-state index contributed by atoms with van der Waals surface area (Å²) in [6.45, 7) is 0.659. The third-order valence-corrected chi connectivity index (χ3v) is 3.21. The normalized spacial score (nSPS) is 49.7. The molecule has 1 N–H and O–H groups in total. The fourth-order valence-corrected chi connectivity index (χ4v) is 2.70. The van der Waals surface area contributed by atoms with Crippen molar-refractivity contribution >= 4 is 11.8 Å². The summed E-state index contributed by atoms with van der Waals surface area (Å²) in [5.41, 5.74) is 0. The summed E-state index contributed by atoms with van der Waals surface area (Å²) in [5, 5.41) is 2.36. The first-order chi connectivity index (χ1) is 5.77. The van der Waals surface area contributed by atoms with Crippen LogP contribution in [0, 0.1) is 17.8 Å². The first-order valence-electron chi connectivity index (χ1n) is 4.23. The molecule has 0 radical (unpaired) electrons. The Bertz CT molecular complexity index is 249. The van der Waals surface area contributed by atoms with Crippen molar-refractivity contribution in [1.82, 2.24) is 5.32 Å². The lowest BCUT2D eigenvalue weighted by Crippen LogP contribution is -2.31. The molecular formula is C8H9NO3. The lowest BCUT2D eigenvalue weighted by atomic mass is 9.90. The molecule has 0 aromatic carbocycles. The largest absolute Gasteiger partial charge is 0.377 e. The van der Waals surface area contributed by atoms with Crippen LogP contribution >= 0.6 is 0 Å². The number of nitrogens with one attached hydrogen (secondary N) is 1. The van der Waals surface area contributed by atoms with Crippen LogP contribution in [-0.4, -0.2) is 24.5 Å². The molecule has 4 atom stereocenters. The van der Waals surface area contributed by atoms with Crippen molar-refractivity contribution in [1.29, 1.82) is 0 Å². The monoisotopic (exact) mass is 167 g/mol. The lowest BCUT2D eigenvalue weighted by molar-refractivity contribution is -0.127. The van der Waals surface area contributed by atoms with Crippen molar-refractivity contribution in [3.63, 3.8) is 0 Å². The number of hydrogen-bond acceptors (Lipinski definition) is 3. The molecule has 2 bridgehead atoms. The highest BCUT2D eigenvalue weighted by molar-refractivity contribution is 6.06. The maximum atomic E-state index is 11.3. The third kappa shape index (κ3) is 0.579. The number of carbonyl (C=O) groups excluding carboxylic acids is 2. The van der Waals surface area contributed by atoms with Gasteiger partial charge in [0.15, 0.2) is 0 Å². The van der Waals surface area contributed by atoms with E-state index in [1.807, 2.05) is 0 Å². The zero-order chi connectivity index (χ0) is 8.29. The smallest absolute Gasteiger partial charge is 0.233 e. The van der Waals surface area contributed by atoms with E-state index in [9.17, 15) is 9.59 Å². The molecule has 2 amide bonds. The highest BCUT2D eigenvalue weighted by Crippen LogP contribution is 2.47. The summed E-state index contributed by atoms with van der Waals surface area (Å²) < 4.78 is 5.37. The van der Waals surface area contributed by atoms with E-state index in [2.05, 4.69) is 5.32 Å². The predicted molar refractivity (Wildman–Crippen MR) is 38.0 cm³/mol. The van der Waals surface area contributed by atoms with Crippen LogP contribution < -0.4 is 5.32 Å². The fraction of sp³-hybridized carbons (Fsp3) is 0.750. The standard InChI is InChI=1S/C8H9NO3/c10-7-5-3-1-4(12-2-3)6(5)8(11)9-7/h3-6H,1-2H2,(H,9,10,11). The maximum Gasteiger partial charge on any atom is 0.233 e. The second-order valence-corrected chi connectivity index (χ2v) is 3.77. The van der Waals surface area contributed by atoms with E-state index in [4.69, 9.17) is 4.74 Å². The molecule has 2 aliphatic heterocycles. The van der Waals surface area contributed by atoms with Crippen LogP contribution in [0.5, 0.6) is 0 Å². The van der Waals surface area contributed by atoms with Gasteiger partial charge in [-0.3, -0.25) is 14.9 Å². The van der Waals surface area contributed by atoms with Crippen molar-refractivity contribution in [3.05, 3.63) is 0 Å². The Hall–Kier alpha value is -0.900. The molecule has 2 heterocycles. The van der Waals surface area contributed by atoms with Crippen molar-refractivity contribution in [2.45, 2.75) is 12.5 Å². The Morgan fingerprint density at radius 1 is 1.25 bits per heavy atom. The maximum absolute atomic E-state index is 11.3. The summed E-state index contributed by atoms with van der Waals surface area (Å²) in [5.74, 6) is -0.156. The van der Waals surface area contributed by atoms with E-state index >= 15 is 0 Å². The SMILES string of the molecule is O=C1NC(=O)C2C3CC(CO3)C12. The Morgan fingerprint density at radius 3 is 2.75 bits per heavy atom. The second kappa shape index (κ2) is 1.88. The van der Waals surface area contributed by atoms with Gasteiger partial charge in [0.05, 0.1) is 24.5 Å². The van der Waals surface area contributed by atoms with Gasteiger partial charge in [-0.15, -0.1) is 0 Å². The van der Waals surface area contributed by atoms with Gasteiger partial charge in [-0.05, 0) is 12.3 Å². The van der Waals surface area contributed by atoms with Crippen LogP contribution in [-0.2, 0) is 14.3 Å². The molecule has 1 aliphatic carbocycles. The molecule has 4 unspecified atom stereocenters. The molecule has 4 heteroatoms. The van der Waals surface area contributed by atoms with Crippen LogP contribution in [0.4, 0.5) is 0 Å². The molecule has 4 nitrogen and oxygen atoms in total. The van der Waals surface area contributed by atoms with E-state index in [1.54, 1.807) is 0 Å². The van der Waals surface area contributed by atoms with Crippen molar-refractivity contribution in [2.24, 2.45) is 17.8 Å². The van der Waals surface area contributed by atoms with E-state index in [0.717, 1.165) is 6.42 Å². The van der Waals surface area contributed by atoms with Crippen molar-refractivity contribution in [2.75, 3.05) is 6.61 Å². The van der Waals surface area contributed by atoms with E-state index in [1.165, 1.54) is 0 Å². The summed E-state index contributed by atoms with van der Waals surface area (Å²) in [6.07, 6.45) is 0.917. The van der Waals surface area contributed by atoms with Crippen LogP contribution in [0.2, 0.25) is 0 Å². The quantitative estimate of drug-likeness (QED) is 0.485. The average Bonchev–Trinajstić information content (AvgIpc) is 2.64. The highest BCUT2D eigenvalue weighted by atomic mass is 16.5. The summed E-state index contributed by atoms with van der Waals surface area (Å²) in [7, 11) is 0. The number of imide groups is 1. The molecule has 3 fully saturated rings. The number of ether oxygens (including phenoxy) is 1. The number of hydrogen-bond donors (Lipinski definition) is 1. The lowest BCUT2D eigenvalue weighted by Gasteiger charge is -2.20. The van der Waals surface area contributed by atoms with Crippen molar-refractivity contribution < 1.29 is 14.3 Å². The minimum Gasteiger partial charge on any atom is -0.377 e. The molecule has 0 aromatic heterocycles. The second-order valence-electron chi connectivity index (χ2n) is 3.77. The third-order valence-electron chi connectivity index (χ3n) is 3.21. The number of carbonyl (C=O) groups is 2. The highest BCUT2D eigenvalue weighted by Gasteiger charge is 2.59. The van der Waals surface area contributed by atoms with Gasteiger partial charge in [0.2, 0.25) is 11.8 Å². The van der Waals surface area contributed by atoms with Crippen molar-refractivity contribution in [3.8, 4) is 0 Å². The van der Waals surface area contributed by atoms with Gasteiger partial charge in [0.25, 0.3) is 0 Å². The topological polar surface area (TPSA) is 55.4 Å². The predicted octanol–water partition coefficient (Wildman–Crippen LogP) is -0.706. The molecule has 3 aliphatic rings. The molecule has 3 rings (SSSR count). The van der Waals surface area contributed by atoms with Crippen LogP contribution in [0.3, 0.4) is 0 Å². The zero-order valence-corrected chi connectivity index (χ0v) is 6.45. The number of rotatable bonds is 0. The van der Waals surface area contributed by atoms with Crippen LogP contribution in [0.25, 0.3) is 0 Å². The molecule has 2 saturated heterocycles. The van der Waals surface area contributed by atoms with Crippen LogP contribution in [0.1, 0.15) is 6.42 Å². The van der Waals surface area contributed by atoms with Gasteiger partial charge in [0.1, 0.15) is 0 Å². The summed E-state index contributed by atoms with van der Waals surface area (Å²) in [6, 6.07) is 0. The Kier molecular flexibility index (Phi) is 1.03. The Labute approximate surface area is 69.3 Å². The summed E-state index contributed by atoms with van der Waals surface area (Å²) in [4.78, 5) is 22.5. The van der Waals surface area contributed by atoms with Gasteiger partial charge in [0, 0.05) is 0 Å². The Balaban J connectivity index is 2.03. The summed E-state index contributed by atoms with van der Waals surface area (Å²) >= 11 is 0. The van der Waals surface area contributed by atoms with Gasteiger partial charge >= 0.3 is 0 Å². The molecule has 1 saturated carbocycles. The van der Waals surface area contributed by atoms with Gasteiger partial charge in [-0.2, -0.15) is 0 Å². The minimum atomic E-state index is -0.170. The molecule has 12 heavy (non-hydrogen) atoms. The molecule has 0 spiro atoms. The molecular weight excluding hydrogens is 158 g/mol. The van der Waals surface area contributed by atoms with E-state index in [0.29, 0.717) is 12.5 Å². The van der Waals surface area contributed by atoms with Gasteiger partial charge in [-0.1, -0.05) is 0 Å². The van der Waals surface area contributed by atoms with E-state index in [-0.39, 0.29) is 29.8 Å².